The molecule has 3 heterocycles. The molecule has 6 rings (SSSR count). The van der Waals surface area contributed by atoms with Gasteiger partial charge in [0.1, 0.15) is 12.1 Å². The highest BCUT2D eigenvalue weighted by Gasteiger charge is 2.30. The van der Waals surface area contributed by atoms with Crippen molar-refractivity contribution >= 4 is 60.5 Å². The molecule has 0 saturated carbocycles. The summed E-state index contributed by atoms with van der Waals surface area (Å²) in [5.41, 5.74) is 1.51. The lowest BCUT2D eigenvalue weighted by Gasteiger charge is -2.19. The van der Waals surface area contributed by atoms with E-state index in [9.17, 15) is 9.59 Å². The van der Waals surface area contributed by atoms with E-state index in [1.165, 1.54) is 33.9 Å². The molecular weight excluding hydrogens is 474 g/mol. The zero-order valence-corrected chi connectivity index (χ0v) is 19.9. The van der Waals surface area contributed by atoms with Crippen LogP contribution < -0.4 is 4.90 Å². The zero-order valence-electron chi connectivity index (χ0n) is 18.3. The largest absolute Gasteiger partial charge is 0.276 e. The second-order valence-corrected chi connectivity index (χ2v) is 10.0. The number of hydrogen-bond donors (Lipinski definition) is 0. The van der Waals surface area contributed by atoms with E-state index < -0.39 is 11.8 Å². The Labute approximate surface area is 208 Å². The molecule has 0 aliphatic rings. The van der Waals surface area contributed by atoms with Crippen molar-refractivity contribution in [3.8, 4) is 11.3 Å². The monoisotopic (exact) mass is 491 g/mol. The van der Waals surface area contributed by atoms with Gasteiger partial charge in [0.05, 0.1) is 15.4 Å². The van der Waals surface area contributed by atoms with Gasteiger partial charge in [0.15, 0.2) is 0 Å². The van der Waals surface area contributed by atoms with E-state index in [4.69, 9.17) is 0 Å². The van der Waals surface area contributed by atoms with E-state index in [0.717, 1.165) is 25.7 Å². The van der Waals surface area contributed by atoms with E-state index in [1.54, 1.807) is 6.07 Å². The molecule has 6 aromatic rings. The number of imide groups is 1. The molecule has 0 fully saturated rings. The Hall–Kier alpha value is -4.20. The Morgan fingerprint density at radius 2 is 1.17 bits per heavy atom. The van der Waals surface area contributed by atoms with Crippen LogP contribution in [0.5, 0.6) is 0 Å². The quantitative estimate of drug-likeness (QED) is 0.248. The van der Waals surface area contributed by atoms with Gasteiger partial charge in [-0.05, 0) is 35.0 Å². The van der Waals surface area contributed by atoms with Crippen LogP contribution in [0.25, 0.3) is 31.4 Å². The van der Waals surface area contributed by atoms with Crippen molar-refractivity contribution in [3.63, 3.8) is 0 Å². The minimum atomic E-state index is -0.411. The van der Waals surface area contributed by atoms with Crippen LogP contribution in [0.4, 0.5) is 5.82 Å². The highest BCUT2D eigenvalue weighted by molar-refractivity contribution is 7.21. The SMILES string of the molecule is O=C(c1cc2ccccc2s1)N(C(=O)c1cc2ccccc2s1)c1cc(-c2ccccc2)ncn1. The first kappa shape index (κ1) is 21.3. The van der Waals surface area contributed by atoms with Gasteiger partial charge in [-0.2, -0.15) is 0 Å². The van der Waals surface area contributed by atoms with Crippen LogP contribution in [0.15, 0.2) is 103 Å². The fraction of sp³-hybridized carbons (Fsp3) is 0. The lowest BCUT2D eigenvalue weighted by atomic mass is 10.1. The van der Waals surface area contributed by atoms with Crippen LogP contribution in [-0.4, -0.2) is 21.8 Å². The molecule has 0 atom stereocenters. The van der Waals surface area contributed by atoms with Gasteiger partial charge in [0.25, 0.3) is 11.8 Å². The number of hydrogen-bond acceptors (Lipinski definition) is 6. The second kappa shape index (κ2) is 8.87. The van der Waals surface area contributed by atoms with Crippen LogP contribution >= 0.6 is 22.7 Å². The molecule has 0 N–H and O–H groups in total. The van der Waals surface area contributed by atoms with Crippen LogP contribution in [-0.2, 0) is 0 Å². The van der Waals surface area contributed by atoms with Crippen molar-refractivity contribution in [2.24, 2.45) is 0 Å². The summed E-state index contributed by atoms with van der Waals surface area (Å²) < 4.78 is 1.97. The highest BCUT2D eigenvalue weighted by Crippen LogP contribution is 2.32. The first-order chi connectivity index (χ1) is 17.2. The van der Waals surface area contributed by atoms with Gasteiger partial charge in [-0.1, -0.05) is 66.7 Å². The Kier molecular flexibility index (Phi) is 5.41. The highest BCUT2D eigenvalue weighted by atomic mass is 32.1. The molecule has 0 radical (unpaired) electrons. The number of fused-ring (bicyclic) bond motifs is 2. The molecule has 3 aromatic carbocycles. The summed E-state index contributed by atoms with van der Waals surface area (Å²) in [5.74, 6) is -0.582. The third-order valence-electron chi connectivity index (χ3n) is 5.63. The van der Waals surface area contributed by atoms with Gasteiger partial charge in [0, 0.05) is 21.0 Å². The van der Waals surface area contributed by atoms with E-state index >= 15 is 0 Å². The summed E-state index contributed by atoms with van der Waals surface area (Å²) in [4.78, 5) is 38.5. The number of benzene rings is 3. The normalized spacial score (nSPS) is 11.1. The number of carbonyl (C=O) groups excluding carboxylic acids is 2. The minimum Gasteiger partial charge on any atom is -0.267 e. The van der Waals surface area contributed by atoms with Crippen molar-refractivity contribution in [1.29, 1.82) is 0 Å². The van der Waals surface area contributed by atoms with Crippen LogP contribution in [0.1, 0.15) is 19.3 Å². The topological polar surface area (TPSA) is 63.2 Å². The molecule has 7 heteroatoms. The summed E-state index contributed by atoms with van der Waals surface area (Å²) in [6.07, 6.45) is 1.39. The Balaban J connectivity index is 1.48. The minimum absolute atomic E-state index is 0.240. The van der Waals surface area contributed by atoms with E-state index in [-0.39, 0.29) is 5.82 Å². The third-order valence-corrected chi connectivity index (χ3v) is 7.84. The number of anilines is 1. The number of aromatic nitrogens is 2. The number of rotatable bonds is 4. The summed E-state index contributed by atoms with van der Waals surface area (Å²) in [5, 5.41) is 1.92. The number of thiophene rings is 2. The first-order valence-corrected chi connectivity index (χ1v) is 12.5. The predicted molar refractivity (Wildman–Crippen MR) is 142 cm³/mol. The molecule has 5 nitrogen and oxygen atoms in total. The molecule has 0 aliphatic heterocycles. The van der Waals surface area contributed by atoms with E-state index in [0.29, 0.717) is 15.4 Å². The summed E-state index contributed by atoms with van der Waals surface area (Å²) in [6.45, 7) is 0. The molecule has 2 amide bonds. The number of amides is 2. The lowest BCUT2D eigenvalue weighted by Crippen LogP contribution is -2.37. The second-order valence-electron chi connectivity index (χ2n) is 7.87. The van der Waals surface area contributed by atoms with Gasteiger partial charge in [-0.25, -0.2) is 14.9 Å². The molecule has 0 aliphatic carbocycles. The van der Waals surface area contributed by atoms with Gasteiger partial charge in [0.2, 0.25) is 0 Å². The smallest absolute Gasteiger partial charge is 0.267 e. The fourth-order valence-corrected chi connectivity index (χ4v) is 5.92. The zero-order chi connectivity index (χ0) is 23.8. The molecule has 3 aromatic heterocycles. The van der Waals surface area contributed by atoms with Crippen molar-refractivity contribution < 1.29 is 9.59 Å². The average Bonchev–Trinajstić information content (AvgIpc) is 3.54. The predicted octanol–water partition coefficient (Wildman–Crippen LogP) is 7.06. The Morgan fingerprint density at radius 3 is 1.74 bits per heavy atom. The summed E-state index contributed by atoms with van der Waals surface area (Å²) >= 11 is 2.73. The maximum atomic E-state index is 13.9. The number of nitrogens with zero attached hydrogens (tertiary/aromatic N) is 3. The molecule has 0 unspecified atom stereocenters. The lowest BCUT2D eigenvalue weighted by molar-refractivity contribution is 0.0901. The molecule has 35 heavy (non-hydrogen) atoms. The van der Waals surface area contributed by atoms with E-state index in [1.807, 2.05) is 91.0 Å². The Bertz CT molecular complexity index is 1550. The van der Waals surface area contributed by atoms with Gasteiger partial charge in [-0.15, -0.1) is 22.7 Å². The van der Waals surface area contributed by atoms with Gasteiger partial charge < -0.3 is 0 Å². The Morgan fingerprint density at radius 1 is 0.629 bits per heavy atom. The number of carbonyl (C=O) groups is 2. The third kappa shape index (κ3) is 4.01. The maximum Gasteiger partial charge on any atom is 0.276 e. The van der Waals surface area contributed by atoms with Crippen molar-refractivity contribution in [2.75, 3.05) is 4.90 Å². The molecular formula is C28H17N3O2S2. The average molecular weight is 492 g/mol. The fourth-order valence-electron chi connectivity index (χ4n) is 3.93. The van der Waals surface area contributed by atoms with E-state index in [2.05, 4.69) is 9.97 Å². The molecule has 0 bridgehead atoms. The van der Waals surface area contributed by atoms with Crippen molar-refractivity contribution in [1.82, 2.24) is 9.97 Å². The molecule has 168 valence electrons. The van der Waals surface area contributed by atoms with Crippen LogP contribution in [0.2, 0.25) is 0 Å². The maximum absolute atomic E-state index is 13.9. The van der Waals surface area contributed by atoms with Crippen molar-refractivity contribution in [3.05, 3.63) is 113 Å². The summed E-state index contributed by atoms with van der Waals surface area (Å²) in [7, 11) is 0. The molecule has 0 saturated heterocycles. The summed E-state index contributed by atoms with van der Waals surface area (Å²) in [6, 6.07) is 30.5. The van der Waals surface area contributed by atoms with Crippen LogP contribution in [0.3, 0.4) is 0 Å². The van der Waals surface area contributed by atoms with Gasteiger partial charge >= 0.3 is 0 Å². The standard InChI is InChI=1S/C28H17N3O2S2/c32-27(24-14-19-10-4-6-12-22(19)34-24)31(28(33)25-15-20-11-5-7-13-23(20)35-25)26-16-21(29-17-30-26)18-8-2-1-3-9-18/h1-17H. The van der Waals surface area contributed by atoms with Gasteiger partial charge in [-0.3, -0.25) is 9.59 Å². The van der Waals surface area contributed by atoms with Crippen molar-refractivity contribution in [2.45, 2.75) is 0 Å². The van der Waals surface area contributed by atoms with Crippen LogP contribution in [0, 0.1) is 0 Å². The molecule has 0 spiro atoms. The first-order valence-electron chi connectivity index (χ1n) is 10.9.